The molecule has 4 N–H and O–H groups in total. The molecule has 0 spiro atoms. The second kappa shape index (κ2) is 7.56. The molecular weight excluding hydrogens is 278 g/mol. The van der Waals surface area contributed by atoms with E-state index in [0.29, 0.717) is 6.47 Å². The molecule has 2 aromatic rings. The lowest BCUT2D eigenvalue weighted by molar-refractivity contribution is -0.138. The van der Waals surface area contributed by atoms with E-state index in [4.69, 9.17) is 10.5 Å². The van der Waals surface area contributed by atoms with Gasteiger partial charge in [0.2, 0.25) is 0 Å². The van der Waals surface area contributed by atoms with Crippen molar-refractivity contribution in [3.8, 4) is 0 Å². The van der Waals surface area contributed by atoms with E-state index in [9.17, 15) is 4.79 Å². The van der Waals surface area contributed by atoms with Crippen molar-refractivity contribution in [2.75, 3.05) is 13.1 Å². The van der Waals surface area contributed by atoms with Gasteiger partial charge in [-0.25, -0.2) is 0 Å². The van der Waals surface area contributed by atoms with Crippen LogP contribution in [0.25, 0.3) is 10.2 Å². The SMILES string of the molecule is CC(C)(C)OC=O.N=c1c2[nH]sc12.OC1CCNCC1. The molecule has 20 heavy (non-hydrogen) atoms. The van der Waals surface area contributed by atoms with Crippen LogP contribution in [-0.4, -0.2) is 40.7 Å². The number of aromatic nitrogens is 1. The average molecular weight is 301 g/mol. The predicted octanol–water partition coefficient (Wildman–Crippen LogP) is 1.27. The summed E-state index contributed by atoms with van der Waals surface area (Å²) < 4.78 is 8.61. The number of ether oxygens (including phenoxy) is 1. The fraction of sp³-hybridized carbons (Fsp3) is 0.692. The van der Waals surface area contributed by atoms with Gasteiger partial charge in [-0.3, -0.25) is 10.2 Å². The van der Waals surface area contributed by atoms with Crippen molar-refractivity contribution < 1.29 is 14.6 Å². The normalized spacial score (nSPS) is 16.2. The van der Waals surface area contributed by atoms with E-state index >= 15 is 0 Å². The number of carbonyl (C=O) groups excluding carboxylic acids is 1. The highest BCUT2D eigenvalue weighted by molar-refractivity contribution is 7.17. The molecular formula is C13H23N3O3S. The Hall–Kier alpha value is -1.18. The maximum absolute atomic E-state index is 9.60. The van der Waals surface area contributed by atoms with Crippen LogP contribution in [0.1, 0.15) is 33.6 Å². The minimum atomic E-state index is -0.318. The third-order valence-corrected chi connectivity index (χ3v) is 3.53. The average Bonchev–Trinajstić information content (AvgIpc) is 2.75. The van der Waals surface area contributed by atoms with E-state index in [2.05, 4.69) is 14.4 Å². The zero-order valence-electron chi connectivity index (χ0n) is 12.2. The minimum Gasteiger partial charge on any atom is -0.462 e. The molecule has 0 bridgehead atoms. The van der Waals surface area contributed by atoms with Gasteiger partial charge in [0, 0.05) is 0 Å². The Morgan fingerprint density at radius 2 is 1.95 bits per heavy atom. The first-order valence-electron chi connectivity index (χ1n) is 6.62. The predicted molar refractivity (Wildman–Crippen MR) is 79.4 cm³/mol. The van der Waals surface area contributed by atoms with Gasteiger partial charge in [-0.15, -0.1) is 0 Å². The monoisotopic (exact) mass is 301 g/mol. The van der Waals surface area contributed by atoms with Crippen molar-refractivity contribution in [1.29, 1.82) is 5.41 Å². The molecule has 1 aromatic heterocycles. The van der Waals surface area contributed by atoms with E-state index in [1.807, 2.05) is 20.8 Å². The number of fused-ring (bicyclic) bond motifs is 1. The van der Waals surface area contributed by atoms with Gasteiger partial charge in [-0.2, -0.15) is 0 Å². The van der Waals surface area contributed by atoms with Crippen LogP contribution in [0.5, 0.6) is 0 Å². The summed E-state index contributed by atoms with van der Waals surface area (Å²) in [5, 5.41) is 19.7. The summed E-state index contributed by atoms with van der Waals surface area (Å²) in [5.41, 5.74) is 0.752. The van der Waals surface area contributed by atoms with Gasteiger partial charge >= 0.3 is 0 Å². The molecule has 1 fully saturated rings. The maximum atomic E-state index is 9.60. The van der Waals surface area contributed by atoms with Crippen molar-refractivity contribution in [3.63, 3.8) is 0 Å². The molecule has 0 saturated carbocycles. The molecule has 114 valence electrons. The van der Waals surface area contributed by atoms with Crippen LogP contribution in [0.15, 0.2) is 0 Å². The molecule has 1 aliphatic heterocycles. The first kappa shape index (κ1) is 16.9. The molecule has 0 radical (unpaired) electrons. The van der Waals surface area contributed by atoms with Gasteiger partial charge in [0.25, 0.3) is 6.47 Å². The van der Waals surface area contributed by atoms with E-state index < -0.39 is 0 Å². The van der Waals surface area contributed by atoms with Crippen molar-refractivity contribution in [1.82, 2.24) is 9.69 Å². The van der Waals surface area contributed by atoms with Gasteiger partial charge in [-0.1, -0.05) is 11.5 Å². The van der Waals surface area contributed by atoms with Crippen LogP contribution >= 0.6 is 11.5 Å². The van der Waals surface area contributed by atoms with Gasteiger partial charge in [0.1, 0.15) is 11.0 Å². The third-order valence-electron chi connectivity index (χ3n) is 2.61. The summed E-state index contributed by atoms with van der Waals surface area (Å²) in [6.45, 7) is 7.90. The Kier molecular flexibility index (Phi) is 6.38. The van der Waals surface area contributed by atoms with Crippen molar-refractivity contribution in [2.24, 2.45) is 0 Å². The smallest absolute Gasteiger partial charge is 0.293 e. The molecule has 6 nitrogen and oxygen atoms in total. The summed E-state index contributed by atoms with van der Waals surface area (Å²) in [6, 6.07) is 0. The summed E-state index contributed by atoms with van der Waals surface area (Å²) in [7, 11) is 0. The summed E-state index contributed by atoms with van der Waals surface area (Å²) in [6.07, 6.45) is 1.83. The molecule has 1 aliphatic rings. The zero-order chi connectivity index (χ0) is 15.2. The number of piperidine rings is 1. The van der Waals surface area contributed by atoms with Gasteiger partial charge in [0.05, 0.1) is 16.3 Å². The molecule has 3 rings (SSSR count). The Morgan fingerprint density at radius 3 is 2.05 bits per heavy atom. The zero-order valence-corrected chi connectivity index (χ0v) is 13.0. The van der Waals surface area contributed by atoms with Crippen molar-refractivity contribution in [2.45, 2.75) is 45.3 Å². The van der Waals surface area contributed by atoms with Crippen LogP contribution < -0.4 is 10.7 Å². The molecule has 7 heteroatoms. The number of aliphatic hydroxyl groups is 1. The van der Waals surface area contributed by atoms with Crippen LogP contribution in [0, 0.1) is 5.41 Å². The fourth-order valence-corrected chi connectivity index (χ4v) is 2.04. The Balaban J connectivity index is 0.000000150. The van der Waals surface area contributed by atoms with Gasteiger partial charge in [0.15, 0.2) is 0 Å². The lowest BCUT2D eigenvalue weighted by Gasteiger charge is -2.16. The third kappa shape index (κ3) is 6.31. The van der Waals surface area contributed by atoms with Gasteiger partial charge < -0.3 is 19.5 Å². The number of aromatic amines is 1. The molecule has 0 atom stereocenters. The number of H-pyrrole nitrogens is 1. The van der Waals surface area contributed by atoms with Crippen LogP contribution in [-0.2, 0) is 9.53 Å². The molecule has 2 heterocycles. The lowest BCUT2D eigenvalue weighted by Crippen LogP contribution is -2.30. The van der Waals surface area contributed by atoms with Crippen LogP contribution in [0.3, 0.4) is 0 Å². The summed E-state index contributed by atoms with van der Waals surface area (Å²) in [4.78, 5) is 9.60. The first-order chi connectivity index (χ1) is 9.35. The summed E-state index contributed by atoms with van der Waals surface area (Å²) >= 11 is 1.55. The maximum Gasteiger partial charge on any atom is 0.293 e. The van der Waals surface area contributed by atoms with E-state index in [-0.39, 0.29) is 11.7 Å². The number of hydrogen-bond donors (Lipinski definition) is 4. The van der Waals surface area contributed by atoms with E-state index in [1.165, 1.54) is 0 Å². The quantitative estimate of drug-likeness (QED) is 0.596. The second-order valence-corrected chi connectivity index (χ2v) is 6.41. The highest BCUT2D eigenvalue weighted by Crippen LogP contribution is 2.19. The van der Waals surface area contributed by atoms with E-state index in [1.54, 1.807) is 11.5 Å². The van der Waals surface area contributed by atoms with Crippen molar-refractivity contribution in [3.05, 3.63) is 5.36 Å². The summed E-state index contributed by atoms with van der Waals surface area (Å²) in [5.74, 6) is 0. The van der Waals surface area contributed by atoms with Gasteiger partial charge in [-0.05, 0) is 46.7 Å². The van der Waals surface area contributed by atoms with Crippen molar-refractivity contribution >= 4 is 28.2 Å². The highest BCUT2D eigenvalue weighted by atomic mass is 32.1. The van der Waals surface area contributed by atoms with E-state index in [0.717, 1.165) is 41.5 Å². The van der Waals surface area contributed by atoms with Crippen LogP contribution in [0.2, 0.25) is 0 Å². The van der Waals surface area contributed by atoms with Crippen LogP contribution in [0.4, 0.5) is 0 Å². The number of carbonyl (C=O) groups is 1. The number of rotatable bonds is 1. The number of aliphatic hydroxyl groups excluding tert-OH is 1. The minimum absolute atomic E-state index is 0.0266. The molecule has 0 unspecified atom stereocenters. The fourth-order valence-electron chi connectivity index (χ4n) is 1.38. The first-order valence-corrected chi connectivity index (χ1v) is 7.43. The number of nitrogens with one attached hydrogen (secondary N) is 3. The topological polar surface area (TPSA) is 98.2 Å². The largest absolute Gasteiger partial charge is 0.462 e. The second-order valence-electron chi connectivity index (χ2n) is 5.59. The Morgan fingerprint density at radius 1 is 1.40 bits per heavy atom. The number of hydrogen-bond acceptors (Lipinski definition) is 6. The molecule has 0 aliphatic carbocycles. The Bertz CT molecular complexity index is 485. The lowest BCUT2D eigenvalue weighted by atomic mass is 10.1. The molecule has 0 amide bonds. The molecule has 1 aromatic carbocycles. The highest BCUT2D eigenvalue weighted by Gasteiger charge is 2.11. The standard InChI is InChI=1S/C5H11NO.C5H10O2.C3H2N2S/c7-5-1-3-6-4-2-5;1-5(2,3)7-4-6;4-1-2-3(1)6-5-2/h5-7H,1-4H2;4H,1-3H3;4-5H. The Labute approximate surface area is 122 Å². The molecule has 1 saturated heterocycles.